The third-order valence-corrected chi connectivity index (χ3v) is 4.84. The number of para-hydroxylation sites is 1. The van der Waals surface area contributed by atoms with Gasteiger partial charge in [-0.2, -0.15) is 0 Å². The van der Waals surface area contributed by atoms with Crippen LogP contribution in [0.1, 0.15) is 38.7 Å². The molecule has 1 aromatic carbocycles. The quantitative estimate of drug-likeness (QED) is 0.477. The van der Waals surface area contributed by atoms with E-state index < -0.39 is 18.0 Å². The molecule has 168 valence electrons. The number of carbonyl (C=O) groups is 3. The van der Waals surface area contributed by atoms with E-state index in [0.29, 0.717) is 19.4 Å². The van der Waals surface area contributed by atoms with Crippen LogP contribution in [0.15, 0.2) is 24.3 Å². The smallest absolute Gasteiger partial charge is 0.300 e. The minimum atomic E-state index is -0.833. The summed E-state index contributed by atoms with van der Waals surface area (Å²) in [5, 5.41) is 27.5. The number of hydrogen-bond donors (Lipinski definition) is 5. The van der Waals surface area contributed by atoms with Gasteiger partial charge in [0.1, 0.15) is 0 Å². The molecule has 1 aliphatic carbocycles. The lowest BCUT2D eigenvalue weighted by atomic mass is 10.0. The Balaban J connectivity index is 0.000000485. The lowest BCUT2D eigenvalue weighted by molar-refractivity contribution is -0.135. The van der Waals surface area contributed by atoms with Crippen LogP contribution < -0.4 is 16.0 Å². The summed E-state index contributed by atoms with van der Waals surface area (Å²) in [6, 6.07) is 8.23. The van der Waals surface area contributed by atoms with Crippen LogP contribution >= 0.6 is 0 Å². The number of anilines is 1. The number of aliphatic hydroxyl groups is 1. The predicted molar refractivity (Wildman–Crippen MR) is 113 cm³/mol. The number of amides is 1. The van der Waals surface area contributed by atoms with Crippen LogP contribution in [0.3, 0.4) is 0 Å². The Morgan fingerprint density at radius 2 is 1.73 bits per heavy atom. The molecular formula is C21H33N3O6. The number of nitrogens with two attached hydrogens (primary N) is 1. The highest BCUT2D eigenvalue weighted by Crippen LogP contribution is 2.26. The van der Waals surface area contributed by atoms with E-state index in [2.05, 4.69) is 34.5 Å². The molecule has 1 aliphatic heterocycles. The van der Waals surface area contributed by atoms with Gasteiger partial charge in [-0.05, 0) is 37.3 Å². The number of carboxylic acids is 2. The first-order valence-corrected chi connectivity index (χ1v) is 10.0. The van der Waals surface area contributed by atoms with Crippen LogP contribution in [0, 0.1) is 5.92 Å². The van der Waals surface area contributed by atoms with E-state index in [4.69, 9.17) is 25.5 Å². The van der Waals surface area contributed by atoms with E-state index in [9.17, 15) is 9.90 Å². The van der Waals surface area contributed by atoms with E-state index in [-0.39, 0.29) is 17.9 Å². The standard InChI is InChI=1S/C17H25N3O2.2C2H4O2/c18-14-10-13(11-16(14)21)17(22)19-7-9-20-8-3-5-12-4-1-2-6-15(12)20;2*1-2(3)4/h1-2,4,6,13-14,16,21H,3,5,7-11,18H2,(H,19,22);2*1H3,(H,3,4)/t13-,14-,16-;;/m0../s1. The van der Waals surface area contributed by atoms with Crippen molar-refractivity contribution in [2.75, 3.05) is 24.5 Å². The van der Waals surface area contributed by atoms with Gasteiger partial charge in [0, 0.05) is 51.1 Å². The second kappa shape index (κ2) is 12.8. The number of carboxylic acid groups (broad SMARTS) is 2. The summed E-state index contributed by atoms with van der Waals surface area (Å²) < 4.78 is 0. The van der Waals surface area contributed by atoms with E-state index in [1.165, 1.54) is 11.3 Å². The molecule has 2 aliphatic rings. The number of rotatable bonds is 4. The van der Waals surface area contributed by atoms with Crippen molar-refractivity contribution in [2.24, 2.45) is 11.7 Å². The van der Waals surface area contributed by atoms with Crippen molar-refractivity contribution in [1.82, 2.24) is 5.32 Å². The van der Waals surface area contributed by atoms with Crippen LogP contribution in [0.5, 0.6) is 0 Å². The number of aliphatic hydroxyl groups excluding tert-OH is 1. The molecule has 3 rings (SSSR count). The van der Waals surface area contributed by atoms with Gasteiger partial charge in [-0.3, -0.25) is 14.4 Å². The van der Waals surface area contributed by atoms with Gasteiger partial charge < -0.3 is 31.3 Å². The number of nitrogens with zero attached hydrogens (tertiary/aromatic N) is 1. The van der Waals surface area contributed by atoms with Crippen molar-refractivity contribution in [2.45, 2.75) is 51.7 Å². The van der Waals surface area contributed by atoms with Gasteiger partial charge in [0.05, 0.1) is 6.10 Å². The SMILES string of the molecule is CC(=O)O.CC(=O)O.N[C@H]1C[C@H](C(=O)NCCN2CCCc3ccccc32)C[C@@H]1O. The van der Waals surface area contributed by atoms with Crippen molar-refractivity contribution >= 4 is 23.5 Å². The fourth-order valence-corrected chi connectivity index (χ4v) is 3.56. The summed E-state index contributed by atoms with van der Waals surface area (Å²) in [4.78, 5) is 32.5. The topological polar surface area (TPSA) is 153 Å². The Bertz CT molecular complexity index is 682. The van der Waals surface area contributed by atoms with Crippen molar-refractivity contribution in [3.05, 3.63) is 29.8 Å². The van der Waals surface area contributed by atoms with Gasteiger partial charge in [0.15, 0.2) is 0 Å². The van der Waals surface area contributed by atoms with E-state index in [1.807, 2.05) is 0 Å². The van der Waals surface area contributed by atoms with Crippen LogP contribution in [0.25, 0.3) is 0 Å². The maximum atomic E-state index is 12.1. The number of aryl methyl sites for hydroxylation is 1. The summed E-state index contributed by atoms with van der Waals surface area (Å²) in [6.07, 6.45) is 2.83. The maximum absolute atomic E-state index is 12.1. The molecule has 0 saturated heterocycles. The van der Waals surface area contributed by atoms with Gasteiger partial charge in [-0.1, -0.05) is 18.2 Å². The fraction of sp³-hybridized carbons (Fsp3) is 0.571. The molecule has 1 fully saturated rings. The lowest BCUT2D eigenvalue weighted by Gasteiger charge is -2.31. The largest absolute Gasteiger partial charge is 0.481 e. The highest BCUT2D eigenvalue weighted by molar-refractivity contribution is 5.79. The zero-order valence-electron chi connectivity index (χ0n) is 17.6. The van der Waals surface area contributed by atoms with Gasteiger partial charge in [-0.15, -0.1) is 0 Å². The molecule has 30 heavy (non-hydrogen) atoms. The molecule has 0 spiro atoms. The zero-order chi connectivity index (χ0) is 22.7. The molecule has 9 nitrogen and oxygen atoms in total. The molecule has 0 aromatic heterocycles. The van der Waals surface area contributed by atoms with Crippen LogP contribution in [-0.2, 0) is 20.8 Å². The van der Waals surface area contributed by atoms with E-state index >= 15 is 0 Å². The number of benzene rings is 1. The first-order chi connectivity index (χ1) is 14.1. The highest BCUT2D eigenvalue weighted by Gasteiger charge is 2.34. The molecule has 3 atom stereocenters. The number of hydrogen-bond acceptors (Lipinski definition) is 6. The molecule has 9 heteroatoms. The van der Waals surface area contributed by atoms with Gasteiger partial charge in [0.25, 0.3) is 11.9 Å². The molecule has 1 amide bonds. The van der Waals surface area contributed by atoms with Crippen LogP contribution in [0.2, 0.25) is 0 Å². The Morgan fingerprint density at radius 1 is 1.13 bits per heavy atom. The second-order valence-corrected chi connectivity index (χ2v) is 7.45. The first kappa shape index (κ1) is 25.4. The monoisotopic (exact) mass is 423 g/mol. The fourth-order valence-electron chi connectivity index (χ4n) is 3.56. The second-order valence-electron chi connectivity index (χ2n) is 7.45. The third-order valence-electron chi connectivity index (χ3n) is 4.84. The zero-order valence-corrected chi connectivity index (χ0v) is 17.6. The summed E-state index contributed by atoms with van der Waals surface area (Å²) in [5.41, 5.74) is 8.45. The van der Waals surface area contributed by atoms with Crippen LogP contribution in [0.4, 0.5) is 5.69 Å². The van der Waals surface area contributed by atoms with Crippen molar-refractivity contribution in [1.29, 1.82) is 0 Å². The molecule has 6 N–H and O–H groups in total. The lowest BCUT2D eigenvalue weighted by Crippen LogP contribution is -2.39. The highest BCUT2D eigenvalue weighted by atomic mass is 16.4. The van der Waals surface area contributed by atoms with E-state index in [0.717, 1.165) is 39.8 Å². The van der Waals surface area contributed by atoms with E-state index in [1.54, 1.807) is 0 Å². The predicted octanol–water partition coefficient (Wildman–Crippen LogP) is 0.835. The summed E-state index contributed by atoms with van der Waals surface area (Å²) in [5.74, 6) is -1.78. The van der Waals surface area contributed by atoms with Gasteiger partial charge in [0.2, 0.25) is 5.91 Å². The molecule has 0 bridgehead atoms. The summed E-state index contributed by atoms with van der Waals surface area (Å²) in [7, 11) is 0. The number of aliphatic carboxylic acids is 2. The third kappa shape index (κ3) is 9.23. The Morgan fingerprint density at radius 3 is 2.30 bits per heavy atom. The van der Waals surface area contributed by atoms with Crippen LogP contribution in [-0.4, -0.2) is 64.9 Å². The normalized spacial score (nSPS) is 21.9. The Kier molecular flexibility index (Phi) is 10.8. The molecule has 0 unspecified atom stereocenters. The number of carbonyl (C=O) groups excluding carboxylic acids is 1. The van der Waals surface area contributed by atoms with Gasteiger partial charge in [-0.25, -0.2) is 0 Å². The summed E-state index contributed by atoms with van der Waals surface area (Å²) >= 11 is 0. The number of nitrogens with one attached hydrogen (secondary N) is 1. The maximum Gasteiger partial charge on any atom is 0.300 e. The average Bonchev–Trinajstić information content (AvgIpc) is 3.00. The van der Waals surface area contributed by atoms with Gasteiger partial charge >= 0.3 is 0 Å². The average molecular weight is 424 g/mol. The Hall–Kier alpha value is -2.65. The molecule has 1 heterocycles. The number of fused-ring (bicyclic) bond motifs is 1. The molecular weight excluding hydrogens is 390 g/mol. The molecule has 0 radical (unpaired) electrons. The van der Waals surface area contributed by atoms with Crippen molar-refractivity contribution in [3.8, 4) is 0 Å². The van der Waals surface area contributed by atoms with Crippen molar-refractivity contribution < 1.29 is 29.7 Å². The molecule has 1 saturated carbocycles. The molecule has 1 aromatic rings. The Labute approximate surface area is 176 Å². The van der Waals surface area contributed by atoms with Crippen molar-refractivity contribution in [3.63, 3.8) is 0 Å². The minimum absolute atomic E-state index is 0.0253. The first-order valence-electron chi connectivity index (χ1n) is 10.0. The minimum Gasteiger partial charge on any atom is -0.481 e. The summed E-state index contributed by atoms with van der Waals surface area (Å²) in [6.45, 7) is 4.67.